The van der Waals surface area contributed by atoms with Crippen molar-refractivity contribution in [1.82, 2.24) is 0 Å². The first-order valence-electron chi connectivity index (χ1n) is 6.10. The lowest BCUT2D eigenvalue weighted by Crippen LogP contribution is -2.29. The average molecular weight is 308 g/mol. The number of hydrogen-bond donors (Lipinski definition) is 2. The van der Waals surface area contributed by atoms with Crippen LogP contribution in [-0.2, 0) is 10.0 Å². The number of nitrogens with one attached hydrogen (secondary N) is 1. The van der Waals surface area contributed by atoms with E-state index in [9.17, 15) is 17.9 Å². The summed E-state index contributed by atoms with van der Waals surface area (Å²) in [5, 5.41) is 8.85. The number of halogens is 2. The molecule has 0 saturated heterocycles. The number of benzene rings is 1. The predicted octanol–water partition coefficient (Wildman–Crippen LogP) is 3.26. The zero-order valence-corrected chi connectivity index (χ0v) is 11.8. The maximum absolute atomic E-state index is 13.1. The van der Waals surface area contributed by atoms with Gasteiger partial charge in [-0.15, -0.1) is 0 Å². The van der Waals surface area contributed by atoms with Crippen molar-refractivity contribution < 1.29 is 17.9 Å². The molecule has 1 saturated carbocycles. The fourth-order valence-electron chi connectivity index (χ4n) is 2.23. The van der Waals surface area contributed by atoms with Crippen molar-refractivity contribution in [2.24, 2.45) is 0 Å². The first-order valence-corrected chi connectivity index (χ1v) is 8.02. The van der Waals surface area contributed by atoms with Gasteiger partial charge in [-0.2, -0.15) is 0 Å². The molecule has 0 unspecified atom stereocenters. The fourth-order valence-corrected chi connectivity index (χ4v) is 3.98. The van der Waals surface area contributed by atoms with Crippen LogP contribution in [0.3, 0.4) is 0 Å². The lowest BCUT2D eigenvalue weighted by molar-refractivity contribution is 0.470. The van der Waals surface area contributed by atoms with E-state index in [2.05, 4.69) is 4.72 Å². The van der Waals surface area contributed by atoms with Gasteiger partial charge >= 0.3 is 0 Å². The van der Waals surface area contributed by atoms with Crippen LogP contribution in [0.1, 0.15) is 32.1 Å². The third-order valence-corrected chi connectivity index (χ3v) is 5.43. The van der Waals surface area contributed by atoms with Gasteiger partial charge in [-0.1, -0.05) is 30.9 Å². The molecule has 19 heavy (non-hydrogen) atoms. The molecule has 2 N–H and O–H groups in total. The van der Waals surface area contributed by atoms with Crippen molar-refractivity contribution in [3.05, 3.63) is 23.0 Å². The number of hydrogen-bond acceptors (Lipinski definition) is 3. The number of rotatable bonds is 3. The van der Waals surface area contributed by atoms with E-state index in [-0.39, 0.29) is 10.7 Å². The molecule has 0 radical (unpaired) electrons. The minimum Gasteiger partial charge on any atom is -0.506 e. The summed E-state index contributed by atoms with van der Waals surface area (Å²) in [4.78, 5) is 0. The van der Waals surface area contributed by atoms with E-state index in [1.807, 2.05) is 0 Å². The molecular formula is C12H15ClFNO3S. The number of phenolic OH excluding ortho intramolecular Hbond substituents is 1. The summed E-state index contributed by atoms with van der Waals surface area (Å²) in [6, 6.07) is 1.87. The fraction of sp³-hybridized carbons (Fsp3) is 0.500. The summed E-state index contributed by atoms with van der Waals surface area (Å²) in [5.41, 5.74) is -0.0861. The molecule has 0 aromatic heterocycles. The number of aromatic hydroxyl groups is 1. The molecule has 1 aromatic rings. The van der Waals surface area contributed by atoms with Gasteiger partial charge in [0.1, 0.15) is 11.6 Å². The van der Waals surface area contributed by atoms with Gasteiger partial charge in [-0.05, 0) is 18.9 Å². The highest BCUT2D eigenvalue weighted by atomic mass is 35.5. The molecular weight excluding hydrogens is 293 g/mol. The highest BCUT2D eigenvalue weighted by molar-refractivity contribution is 7.93. The molecule has 4 nitrogen and oxygen atoms in total. The summed E-state index contributed by atoms with van der Waals surface area (Å²) >= 11 is 5.58. The summed E-state index contributed by atoms with van der Waals surface area (Å²) < 4.78 is 39.7. The molecule has 0 heterocycles. The Morgan fingerprint density at radius 1 is 1.26 bits per heavy atom. The second kappa shape index (κ2) is 5.54. The topological polar surface area (TPSA) is 66.4 Å². The van der Waals surface area contributed by atoms with Gasteiger partial charge in [0.05, 0.1) is 16.0 Å². The Bertz CT molecular complexity index is 571. The van der Waals surface area contributed by atoms with Crippen LogP contribution in [0.2, 0.25) is 5.02 Å². The van der Waals surface area contributed by atoms with Crippen LogP contribution in [0.4, 0.5) is 10.1 Å². The van der Waals surface area contributed by atoms with Crippen LogP contribution in [0.5, 0.6) is 5.75 Å². The molecule has 1 aromatic carbocycles. The summed E-state index contributed by atoms with van der Waals surface area (Å²) in [6.45, 7) is 0. The molecule has 2 rings (SSSR count). The minimum atomic E-state index is -3.58. The Morgan fingerprint density at radius 2 is 1.89 bits per heavy atom. The molecule has 1 aliphatic rings. The molecule has 1 fully saturated rings. The Balaban J connectivity index is 2.22. The lowest BCUT2D eigenvalue weighted by Gasteiger charge is -2.22. The van der Waals surface area contributed by atoms with Crippen LogP contribution < -0.4 is 4.72 Å². The quantitative estimate of drug-likeness (QED) is 0.842. The summed E-state index contributed by atoms with van der Waals surface area (Å²) in [5.74, 6) is -1.26. The van der Waals surface area contributed by atoms with Crippen LogP contribution in [0.25, 0.3) is 0 Å². The SMILES string of the molecule is O=S(=O)(Nc1cc(Cl)c(F)cc1O)C1CCCCC1. The van der Waals surface area contributed by atoms with E-state index in [1.54, 1.807) is 0 Å². The zero-order valence-electron chi connectivity index (χ0n) is 10.2. The predicted molar refractivity (Wildman–Crippen MR) is 72.5 cm³/mol. The molecule has 1 aliphatic carbocycles. The molecule has 0 atom stereocenters. The monoisotopic (exact) mass is 307 g/mol. The first kappa shape index (κ1) is 14.4. The van der Waals surface area contributed by atoms with E-state index in [1.165, 1.54) is 0 Å². The molecule has 106 valence electrons. The maximum Gasteiger partial charge on any atom is 0.235 e. The lowest BCUT2D eigenvalue weighted by atomic mass is 10.0. The van der Waals surface area contributed by atoms with Crippen molar-refractivity contribution in [2.45, 2.75) is 37.4 Å². The maximum atomic E-state index is 13.1. The number of phenols is 1. The zero-order chi connectivity index (χ0) is 14.0. The summed E-state index contributed by atoms with van der Waals surface area (Å²) in [6.07, 6.45) is 4.00. The molecule has 0 spiro atoms. The van der Waals surface area contributed by atoms with Crippen molar-refractivity contribution in [3.8, 4) is 5.75 Å². The minimum absolute atomic E-state index is 0.0861. The van der Waals surface area contributed by atoms with Gasteiger partial charge in [0.25, 0.3) is 0 Å². The van der Waals surface area contributed by atoms with Crippen molar-refractivity contribution in [3.63, 3.8) is 0 Å². The third-order valence-electron chi connectivity index (χ3n) is 3.28. The van der Waals surface area contributed by atoms with Crippen molar-refractivity contribution >= 4 is 27.3 Å². The van der Waals surface area contributed by atoms with E-state index in [4.69, 9.17) is 11.6 Å². The van der Waals surface area contributed by atoms with E-state index in [0.717, 1.165) is 31.4 Å². The highest BCUT2D eigenvalue weighted by Crippen LogP contribution is 2.32. The van der Waals surface area contributed by atoms with E-state index >= 15 is 0 Å². The summed E-state index contributed by atoms with van der Waals surface area (Å²) in [7, 11) is -3.58. The molecule has 0 aliphatic heterocycles. The van der Waals surface area contributed by atoms with Crippen molar-refractivity contribution in [1.29, 1.82) is 0 Å². The highest BCUT2D eigenvalue weighted by Gasteiger charge is 2.28. The normalized spacial score (nSPS) is 17.4. The molecule has 7 heteroatoms. The van der Waals surface area contributed by atoms with E-state index < -0.39 is 26.8 Å². The molecule has 0 amide bonds. The van der Waals surface area contributed by atoms with E-state index in [0.29, 0.717) is 12.8 Å². The first-order chi connectivity index (χ1) is 8.90. The third kappa shape index (κ3) is 3.30. The van der Waals surface area contributed by atoms with Gasteiger partial charge in [-0.3, -0.25) is 4.72 Å². The smallest absolute Gasteiger partial charge is 0.235 e. The second-order valence-corrected chi connectivity index (χ2v) is 7.06. The average Bonchev–Trinajstić information content (AvgIpc) is 2.37. The Kier molecular flexibility index (Phi) is 4.20. The number of sulfonamides is 1. The standard InChI is InChI=1S/C12H15ClFNO3S/c13-9-6-11(12(16)7-10(9)14)15-19(17,18)8-4-2-1-3-5-8/h6-8,15-16H,1-5H2. The van der Waals surface area contributed by atoms with Gasteiger partial charge in [0, 0.05) is 6.07 Å². The van der Waals surface area contributed by atoms with Gasteiger partial charge in [0.15, 0.2) is 0 Å². The van der Waals surface area contributed by atoms with Crippen LogP contribution >= 0.6 is 11.6 Å². The van der Waals surface area contributed by atoms with Crippen LogP contribution in [-0.4, -0.2) is 18.8 Å². The number of anilines is 1. The van der Waals surface area contributed by atoms with Gasteiger partial charge in [-0.25, -0.2) is 12.8 Å². The Morgan fingerprint density at radius 3 is 2.53 bits per heavy atom. The Labute approximate surface area is 116 Å². The largest absolute Gasteiger partial charge is 0.506 e. The van der Waals surface area contributed by atoms with Crippen LogP contribution in [0.15, 0.2) is 12.1 Å². The molecule has 0 bridgehead atoms. The van der Waals surface area contributed by atoms with Crippen molar-refractivity contribution in [2.75, 3.05) is 4.72 Å². The second-order valence-electron chi connectivity index (χ2n) is 4.69. The van der Waals surface area contributed by atoms with Crippen LogP contribution in [0, 0.1) is 5.82 Å². The van der Waals surface area contributed by atoms with Gasteiger partial charge in [0.2, 0.25) is 10.0 Å². The Hall–Kier alpha value is -1.01. The van der Waals surface area contributed by atoms with Gasteiger partial charge < -0.3 is 5.11 Å².